The molecule has 0 radical (unpaired) electrons. The predicted octanol–water partition coefficient (Wildman–Crippen LogP) is 2.25. The minimum atomic E-state index is -1.19. The van der Waals surface area contributed by atoms with Gasteiger partial charge in [-0.1, -0.05) is 17.7 Å². The van der Waals surface area contributed by atoms with Crippen molar-refractivity contribution in [2.75, 3.05) is 5.32 Å². The minimum Gasteiger partial charge on any atom is -0.480 e. The van der Waals surface area contributed by atoms with Gasteiger partial charge in [0.1, 0.15) is 6.04 Å². The van der Waals surface area contributed by atoms with Gasteiger partial charge in [0.2, 0.25) is 0 Å². The first-order valence-corrected chi connectivity index (χ1v) is 5.81. The van der Waals surface area contributed by atoms with E-state index < -0.39 is 18.0 Å². The van der Waals surface area contributed by atoms with E-state index in [0.29, 0.717) is 10.7 Å². The standard InChI is InChI=1S/C13H13ClN2O3/c1-3-4-10(12(17)18)15-13(19)16-11-7-8(2)5-6-9(11)14/h1,5-7,10H,4H2,2H3,(H,17,18)(H2,15,16,19). The number of hydrogen-bond acceptors (Lipinski definition) is 2. The number of urea groups is 1. The number of halogens is 1. The second kappa shape index (κ2) is 6.66. The van der Waals surface area contributed by atoms with Gasteiger partial charge in [0, 0.05) is 6.42 Å². The molecule has 0 fully saturated rings. The normalized spacial score (nSPS) is 11.2. The Morgan fingerprint density at radius 1 is 1.53 bits per heavy atom. The molecule has 0 aliphatic carbocycles. The summed E-state index contributed by atoms with van der Waals surface area (Å²) in [6, 6.07) is 3.31. The van der Waals surface area contributed by atoms with Gasteiger partial charge in [-0.2, -0.15) is 0 Å². The molecular formula is C13H13ClN2O3. The molecule has 6 heteroatoms. The third-order valence-electron chi connectivity index (χ3n) is 2.30. The molecule has 0 saturated heterocycles. The molecule has 0 bridgehead atoms. The Hall–Kier alpha value is -2.19. The summed E-state index contributed by atoms with van der Waals surface area (Å²) in [5.41, 5.74) is 1.32. The van der Waals surface area contributed by atoms with Gasteiger partial charge in [-0.25, -0.2) is 9.59 Å². The van der Waals surface area contributed by atoms with Crippen LogP contribution in [0.1, 0.15) is 12.0 Å². The Morgan fingerprint density at radius 3 is 2.79 bits per heavy atom. The summed E-state index contributed by atoms with van der Waals surface area (Å²) in [5.74, 6) is 0.998. The summed E-state index contributed by atoms with van der Waals surface area (Å²) in [6.07, 6.45) is 4.94. The van der Waals surface area contributed by atoms with Crippen molar-refractivity contribution in [3.63, 3.8) is 0 Å². The number of aryl methyl sites for hydroxylation is 1. The summed E-state index contributed by atoms with van der Waals surface area (Å²) in [7, 11) is 0. The van der Waals surface area contributed by atoms with E-state index in [0.717, 1.165) is 5.56 Å². The van der Waals surface area contributed by atoms with Crippen LogP contribution in [0.5, 0.6) is 0 Å². The molecule has 0 aliphatic heterocycles. The Labute approximate surface area is 116 Å². The molecule has 2 amide bonds. The first-order valence-electron chi connectivity index (χ1n) is 5.44. The highest BCUT2D eigenvalue weighted by molar-refractivity contribution is 6.33. The van der Waals surface area contributed by atoms with Crippen molar-refractivity contribution in [3.8, 4) is 12.3 Å². The number of carbonyl (C=O) groups is 2. The molecule has 1 rings (SSSR count). The lowest BCUT2D eigenvalue weighted by Gasteiger charge is -2.13. The maximum atomic E-state index is 11.7. The fourth-order valence-corrected chi connectivity index (χ4v) is 1.53. The van der Waals surface area contributed by atoms with Gasteiger partial charge < -0.3 is 15.7 Å². The maximum Gasteiger partial charge on any atom is 0.327 e. The molecule has 0 aromatic heterocycles. The molecule has 3 N–H and O–H groups in total. The average Bonchev–Trinajstić information content (AvgIpc) is 2.33. The van der Waals surface area contributed by atoms with Gasteiger partial charge in [0.25, 0.3) is 0 Å². The van der Waals surface area contributed by atoms with E-state index in [1.807, 2.05) is 6.92 Å². The number of hydrogen-bond donors (Lipinski definition) is 3. The van der Waals surface area contributed by atoms with Crippen LogP contribution in [0.25, 0.3) is 0 Å². The number of terminal acetylenes is 1. The van der Waals surface area contributed by atoms with Crippen LogP contribution in [0.15, 0.2) is 18.2 Å². The van der Waals surface area contributed by atoms with Crippen LogP contribution in [0.2, 0.25) is 5.02 Å². The Morgan fingerprint density at radius 2 is 2.21 bits per heavy atom. The molecule has 1 atom stereocenters. The van der Waals surface area contributed by atoms with Crippen LogP contribution in [0.4, 0.5) is 10.5 Å². The number of nitrogens with one attached hydrogen (secondary N) is 2. The summed E-state index contributed by atoms with van der Waals surface area (Å²) >= 11 is 5.91. The molecule has 0 heterocycles. The molecular weight excluding hydrogens is 268 g/mol. The van der Waals surface area contributed by atoms with Crippen LogP contribution in [-0.4, -0.2) is 23.1 Å². The molecule has 0 spiro atoms. The number of carbonyl (C=O) groups excluding carboxylic acids is 1. The first-order chi connectivity index (χ1) is 8.93. The van der Waals surface area contributed by atoms with Gasteiger partial charge >= 0.3 is 12.0 Å². The second-order valence-corrected chi connectivity index (χ2v) is 4.29. The zero-order valence-electron chi connectivity index (χ0n) is 10.2. The van der Waals surface area contributed by atoms with Crippen LogP contribution in [0.3, 0.4) is 0 Å². The fraction of sp³-hybridized carbons (Fsp3) is 0.231. The summed E-state index contributed by atoms with van der Waals surface area (Å²) < 4.78 is 0. The molecule has 100 valence electrons. The zero-order chi connectivity index (χ0) is 14.4. The highest BCUT2D eigenvalue weighted by Crippen LogP contribution is 2.22. The molecule has 19 heavy (non-hydrogen) atoms. The largest absolute Gasteiger partial charge is 0.480 e. The molecule has 1 unspecified atom stereocenters. The fourth-order valence-electron chi connectivity index (χ4n) is 1.37. The van der Waals surface area contributed by atoms with E-state index in [1.54, 1.807) is 18.2 Å². The summed E-state index contributed by atoms with van der Waals surface area (Å²) in [6.45, 7) is 1.85. The Kier molecular flexibility index (Phi) is 5.22. The van der Waals surface area contributed by atoms with Crippen LogP contribution in [0, 0.1) is 19.3 Å². The molecule has 5 nitrogen and oxygen atoms in total. The van der Waals surface area contributed by atoms with Crippen LogP contribution in [-0.2, 0) is 4.79 Å². The lowest BCUT2D eigenvalue weighted by atomic mass is 10.2. The van der Waals surface area contributed by atoms with Crippen molar-refractivity contribution in [2.24, 2.45) is 0 Å². The lowest BCUT2D eigenvalue weighted by Crippen LogP contribution is -2.42. The van der Waals surface area contributed by atoms with E-state index in [1.165, 1.54) is 0 Å². The van der Waals surface area contributed by atoms with E-state index in [9.17, 15) is 9.59 Å². The maximum absolute atomic E-state index is 11.7. The SMILES string of the molecule is C#CCC(NC(=O)Nc1cc(C)ccc1Cl)C(=O)O. The van der Waals surface area contributed by atoms with Crippen LogP contribution < -0.4 is 10.6 Å². The highest BCUT2D eigenvalue weighted by Gasteiger charge is 2.19. The smallest absolute Gasteiger partial charge is 0.327 e. The summed E-state index contributed by atoms with van der Waals surface area (Å²) in [4.78, 5) is 22.5. The topological polar surface area (TPSA) is 78.4 Å². The monoisotopic (exact) mass is 280 g/mol. The molecule has 1 aromatic rings. The third kappa shape index (κ3) is 4.53. The van der Waals surface area contributed by atoms with Gasteiger partial charge in [-0.15, -0.1) is 12.3 Å². The van der Waals surface area contributed by atoms with Gasteiger partial charge in [-0.05, 0) is 24.6 Å². The third-order valence-corrected chi connectivity index (χ3v) is 2.63. The zero-order valence-corrected chi connectivity index (χ0v) is 11.0. The summed E-state index contributed by atoms with van der Waals surface area (Å²) in [5, 5.41) is 14.0. The molecule has 1 aromatic carbocycles. The predicted molar refractivity (Wildman–Crippen MR) is 73.2 cm³/mol. The van der Waals surface area contributed by atoms with Crippen molar-refractivity contribution >= 4 is 29.3 Å². The number of anilines is 1. The molecule has 0 saturated carbocycles. The molecule has 0 aliphatic rings. The number of benzene rings is 1. The number of rotatable bonds is 4. The highest BCUT2D eigenvalue weighted by atomic mass is 35.5. The van der Waals surface area contributed by atoms with E-state index in [4.69, 9.17) is 23.1 Å². The van der Waals surface area contributed by atoms with Gasteiger partial charge in [-0.3, -0.25) is 0 Å². The number of carboxylic acids is 1. The van der Waals surface area contributed by atoms with Crippen molar-refractivity contribution in [1.82, 2.24) is 5.32 Å². The quantitative estimate of drug-likeness (QED) is 0.740. The number of carboxylic acid groups (broad SMARTS) is 1. The van der Waals surface area contributed by atoms with E-state index >= 15 is 0 Å². The minimum absolute atomic E-state index is 0.0930. The van der Waals surface area contributed by atoms with Crippen molar-refractivity contribution in [2.45, 2.75) is 19.4 Å². The number of amides is 2. The first kappa shape index (κ1) is 14.9. The second-order valence-electron chi connectivity index (χ2n) is 3.88. The van der Waals surface area contributed by atoms with E-state index in [2.05, 4.69) is 16.6 Å². The van der Waals surface area contributed by atoms with Crippen molar-refractivity contribution in [1.29, 1.82) is 0 Å². The van der Waals surface area contributed by atoms with E-state index in [-0.39, 0.29) is 6.42 Å². The van der Waals surface area contributed by atoms with Gasteiger partial charge in [0.05, 0.1) is 10.7 Å². The van der Waals surface area contributed by atoms with Crippen molar-refractivity contribution in [3.05, 3.63) is 28.8 Å². The Balaban J connectivity index is 2.72. The van der Waals surface area contributed by atoms with Crippen LogP contribution >= 0.6 is 11.6 Å². The lowest BCUT2D eigenvalue weighted by molar-refractivity contribution is -0.139. The van der Waals surface area contributed by atoms with Gasteiger partial charge in [0.15, 0.2) is 0 Å². The number of aliphatic carboxylic acids is 1. The average molecular weight is 281 g/mol. The van der Waals surface area contributed by atoms with Crippen molar-refractivity contribution < 1.29 is 14.7 Å². The Bertz CT molecular complexity index is 537.